The maximum atomic E-state index is 11.8. The van der Waals surface area contributed by atoms with Crippen molar-refractivity contribution >= 4 is 39.8 Å². The summed E-state index contributed by atoms with van der Waals surface area (Å²) >= 11 is 4.99. The zero-order valence-corrected chi connectivity index (χ0v) is 16.1. The Hall–Kier alpha value is -1.21. The van der Waals surface area contributed by atoms with E-state index in [1.165, 1.54) is 7.11 Å². The summed E-state index contributed by atoms with van der Waals surface area (Å²) in [6.07, 6.45) is -0.173. The molecule has 1 atom stereocenters. The first kappa shape index (κ1) is 19.8. The highest BCUT2D eigenvalue weighted by Gasteiger charge is 2.24. The predicted molar refractivity (Wildman–Crippen MR) is 94.7 cm³/mol. The molecule has 1 aromatic carbocycles. The van der Waals surface area contributed by atoms with Crippen LogP contribution in [0.5, 0.6) is 0 Å². The summed E-state index contributed by atoms with van der Waals surface area (Å²) in [6, 6.07) is 7.17. The zero-order chi connectivity index (χ0) is 17.5. The number of halogens is 1. The quantitative estimate of drug-likeness (QED) is 0.574. The molecule has 1 N–H and O–H groups in total. The van der Waals surface area contributed by atoms with Gasteiger partial charge in [0.05, 0.1) is 7.11 Å². The van der Waals surface area contributed by atoms with Crippen LogP contribution in [-0.2, 0) is 14.3 Å². The predicted octanol–water partition coefficient (Wildman–Crippen LogP) is 4.00. The molecule has 5 nitrogen and oxygen atoms in total. The average Bonchev–Trinajstić information content (AvgIpc) is 2.45. The lowest BCUT2D eigenvalue weighted by Crippen LogP contribution is -2.44. The summed E-state index contributed by atoms with van der Waals surface area (Å²) in [4.78, 5) is 24.7. The molecule has 1 rings (SSSR count). The first-order chi connectivity index (χ1) is 10.7. The van der Waals surface area contributed by atoms with E-state index >= 15 is 0 Å². The molecule has 1 unspecified atom stereocenters. The Morgan fingerprint density at radius 2 is 1.87 bits per heavy atom. The van der Waals surface area contributed by atoms with Gasteiger partial charge in [0.15, 0.2) is 0 Å². The Labute approximate surface area is 149 Å². The first-order valence-electron chi connectivity index (χ1n) is 7.17. The smallest absolute Gasteiger partial charge is 0.408 e. The maximum absolute atomic E-state index is 11.8. The van der Waals surface area contributed by atoms with E-state index in [1.54, 1.807) is 32.5 Å². The van der Waals surface area contributed by atoms with Crippen molar-refractivity contribution in [1.29, 1.82) is 0 Å². The van der Waals surface area contributed by atoms with Crippen LogP contribution in [0, 0.1) is 0 Å². The second-order valence-electron chi connectivity index (χ2n) is 5.81. The number of carbonyl (C=O) groups excluding carboxylic acids is 2. The van der Waals surface area contributed by atoms with Crippen molar-refractivity contribution in [1.82, 2.24) is 5.32 Å². The number of carbonyl (C=O) groups is 2. The molecule has 7 heteroatoms. The van der Waals surface area contributed by atoms with E-state index in [2.05, 4.69) is 21.2 Å². The SMILES string of the molecule is COC(=O)C(CCSc1ccc(Br)cc1)NC(=O)OC(C)(C)C. The fourth-order valence-electron chi connectivity index (χ4n) is 1.67. The third kappa shape index (κ3) is 8.27. The van der Waals surface area contributed by atoms with Gasteiger partial charge in [-0.1, -0.05) is 15.9 Å². The monoisotopic (exact) mass is 403 g/mol. The van der Waals surface area contributed by atoms with Gasteiger partial charge < -0.3 is 14.8 Å². The molecule has 0 saturated carbocycles. The molecule has 0 aliphatic heterocycles. The number of hydrogen-bond acceptors (Lipinski definition) is 5. The zero-order valence-electron chi connectivity index (χ0n) is 13.7. The summed E-state index contributed by atoms with van der Waals surface area (Å²) in [7, 11) is 1.30. The van der Waals surface area contributed by atoms with Crippen LogP contribution in [0.4, 0.5) is 4.79 Å². The van der Waals surface area contributed by atoms with Crippen molar-refractivity contribution in [2.75, 3.05) is 12.9 Å². The standard InChI is InChI=1S/C16H22BrNO4S/c1-16(2,3)22-15(20)18-13(14(19)21-4)9-10-23-12-7-5-11(17)6-8-12/h5-8,13H,9-10H2,1-4H3,(H,18,20). The van der Waals surface area contributed by atoms with E-state index in [-0.39, 0.29) is 0 Å². The Kier molecular flexibility index (Phi) is 7.91. The third-order valence-electron chi connectivity index (χ3n) is 2.67. The average molecular weight is 404 g/mol. The fraction of sp³-hybridized carbons (Fsp3) is 0.500. The van der Waals surface area contributed by atoms with E-state index in [0.29, 0.717) is 12.2 Å². The summed E-state index contributed by atoms with van der Waals surface area (Å²) < 4.78 is 10.9. The van der Waals surface area contributed by atoms with Crippen LogP contribution >= 0.6 is 27.7 Å². The van der Waals surface area contributed by atoms with E-state index < -0.39 is 23.7 Å². The lowest BCUT2D eigenvalue weighted by atomic mass is 10.2. The molecular formula is C16H22BrNO4S. The number of amides is 1. The molecule has 0 fully saturated rings. The van der Waals surface area contributed by atoms with Gasteiger partial charge in [-0.3, -0.25) is 0 Å². The van der Waals surface area contributed by atoms with Crippen LogP contribution < -0.4 is 5.32 Å². The van der Waals surface area contributed by atoms with Crippen LogP contribution in [0.2, 0.25) is 0 Å². The van der Waals surface area contributed by atoms with Gasteiger partial charge in [0.1, 0.15) is 11.6 Å². The molecule has 1 aromatic rings. The summed E-state index contributed by atoms with van der Waals surface area (Å²) in [5.41, 5.74) is -0.614. The van der Waals surface area contributed by atoms with Crippen molar-refractivity contribution < 1.29 is 19.1 Å². The minimum Gasteiger partial charge on any atom is -0.467 e. The number of rotatable bonds is 6. The van der Waals surface area contributed by atoms with Gasteiger partial charge >= 0.3 is 12.1 Å². The number of thioether (sulfide) groups is 1. The van der Waals surface area contributed by atoms with Crippen LogP contribution in [-0.4, -0.2) is 36.6 Å². The van der Waals surface area contributed by atoms with E-state index in [4.69, 9.17) is 9.47 Å². The maximum Gasteiger partial charge on any atom is 0.408 e. The minimum atomic E-state index is -0.724. The third-order valence-corrected chi connectivity index (χ3v) is 4.24. The molecule has 0 saturated heterocycles. The first-order valence-corrected chi connectivity index (χ1v) is 8.95. The van der Waals surface area contributed by atoms with Crippen LogP contribution in [0.3, 0.4) is 0 Å². The summed E-state index contributed by atoms with van der Waals surface area (Å²) in [6.45, 7) is 5.30. The molecule has 0 heterocycles. The topological polar surface area (TPSA) is 64.6 Å². The van der Waals surface area contributed by atoms with E-state index in [9.17, 15) is 9.59 Å². The Morgan fingerprint density at radius 3 is 2.39 bits per heavy atom. The van der Waals surface area contributed by atoms with E-state index in [1.807, 2.05) is 24.3 Å². The summed E-state index contributed by atoms with van der Waals surface area (Å²) in [5.74, 6) is 0.185. The molecule has 1 amide bonds. The Morgan fingerprint density at radius 1 is 1.26 bits per heavy atom. The van der Waals surface area contributed by atoms with Crippen LogP contribution in [0.1, 0.15) is 27.2 Å². The summed E-state index contributed by atoms with van der Waals surface area (Å²) in [5, 5.41) is 2.56. The highest BCUT2D eigenvalue weighted by molar-refractivity contribution is 9.10. The second kappa shape index (κ2) is 9.17. The number of nitrogens with one attached hydrogen (secondary N) is 1. The molecule has 0 aliphatic rings. The molecule has 23 heavy (non-hydrogen) atoms. The highest BCUT2D eigenvalue weighted by atomic mass is 79.9. The largest absolute Gasteiger partial charge is 0.467 e. The lowest BCUT2D eigenvalue weighted by Gasteiger charge is -2.22. The number of benzene rings is 1. The van der Waals surface area contributed by atoms with Gasteiger partial charge in [-0.2, -0.15) is 0 Å². The number of hydrogen-bond donors (Lipinski definition) is 1. The molecule has 128 valence electrons. The van der Waals surface area contributed by atoms with Crippen LogP contribution in [0.15, 0.2) is 33.6 Å². The minimum absolute atomic E-state index is 0.451. The normalized spacial score (nSPS) is 12.4. The van der Waals surface area contributed by atoms with Gasteiger partial charge in [-0.05, 0) is 51.5 Å². The fourth-order valence-corrected chi connectivity index (χ4v) is 2.85. The molecular weight excluding hydrogens is 382 g/mol. The number of ether oxygens (including phenoxy) is 2. The Balaban J connectivity index is 2.52. The van der Waals surface area contributed by atoms with Gasteiger partial charge in [-0.25, -0.2) is 9.59 Å². The van der Waals surface area contributed by atoms with Crippen molar-refractivity contribution in [2.24, 2.45) is 0 Å². The molecule has 0 aliphatic carbocycles. The van der Waals surface area contributed by atoms with Gasteiger partial charge in [0, 0.05) is 15.1 Å². The highest BCUT2D eigenvalue weighted by Crippen LogP contribution is 2.22. The van der Waals surface area contributed by atoms with Gasteiger partial charge in [0.2, 0.25) is 0 Å². The second-order valence-corrected chi connectivity index (χ2v) is 7.90. The number of esters is 1. The van der Waals surface area contributed by atoms with E-state index in [0.717, 1.165) is 9.37 Å². The lowest BCUT2D eigenvalue weighted by molar-refractivity contribution is -0.143. The van der Waals surface area contributed by atoms with Crippen molar-refractivity contribution in [3.05, 3.63) is 28.7 Å². The van der Waals surface area contributed by atoms with Crippen molar-refractivity contribution in [3.8, 4) is 0 Å². The molecule has 0 aromatic heterocycles. The molecule has 0 spiro atoms. The van der Waals surface area contributed by atoms with Gasteiger partial charge in [0.25, 0.3) is 0 Å². The molecule has 0 bridgehead atoms. The number of methoxy groups -OCH3 is 1. The number of alkyl carbamates (subject to hydrolysis) is 1. The molecule has 0 radical (unpaired) electrons. The van der Waals surface area contributed by atoms with Crippen LogP contribution in [0.25, 0.3) is 0 Å². The van der Waals surface area contributed by atoms with Crippen molar-refractivity contribution in [3.63, 3.8) is 0 Å². The van der Waals surface area contributed by atoms with Gasteiger partial charge in [-0.15, -0.1) is 11.8 Å². The van der Waals surface area contributed by atoms with Crippen molar-refractivity contribution in [2.45, 2.75) is 43.7 Å². The Bertz CT molecular complexity index is 528.